The minimum absolute atomic E-state index is 0.228. The number of piperidine rings is 1. The minimum atomic E-state index is 0.228. The van der Waals surface area contributed by atoms with Crippen molar-refractivity contribution in [1.82, 2.24) is 20.7 Å². The van der Waals surface area contributed by atoms with Gasteiger partial charge in [0.1, 0.15) is 5.76 Å². The molecule has 2 heterocycles. The van der Waals surface area contributed by atoms with Gasteiger partial charge in [-0.15, -0.1) is 0 Å². The fraction of sp³-hybridized carbons (Fsp3) is 0.750. The summed E-state index contributed by atoms with van der Waals surface area (Å²) in [6, 6.07) is 0.363. The molecule has 1 unspecified atom stereocenters. The van der Waals surface area contributed by atoms with E-state index in [0.29, 0.717) is 25.6 Å². The van der Waals surface area contributed by atoms with Gasteiger partial charge in [0.25, 0.3) is 0 Å². The van der Waals surface area contributed by atoms with Crippen molar-refractivity contribution < 1.29 is 9.32 Å². The molecule has 1 aliphatic heterocycles. The molecule has 0 aromatic carbocycles. The summed E-state index contributed by atoms with van der Waals surface area (Å²) < 4.78 is 5.41. The van der Waals surface area contributed by atoms with Crippen molar-refractivity contribution >= 4 is 11.9 Å². The third-order valence-corrected chi connectivity index (χ3v) is 5.10. The molecule has 0 spiro atoms. The van der Waals surface area contributed by atoms with Crippen molar-refractivity contribution in [3.63, 3.8) is 0 Å². The quantitative estimate of drug-likeness (QED) is 0.538. The fourth-order valence-electron chi connectivity index (χ4n) is 3.52. The van der Waals surface area contributed by atoms with Crippen molar-refractivity contribution in [3.05, 3.63) is 17.0 Å². The molecule has 27 heavy (non-hydrogen) atoms. The molecule has 7 nitrogen and oxygen atoms in total. The molecule has 1 atom stereocenters. The molecular formula is C20H35N5O2. The molecule has 1 aliphatic rings. The molecule has 1 saturated heterocycles. The molecule has 0 bridgehead atoms. The lowest BCUT2D eigenvalue weighted by Crippen LogP contribution is -2.44. The molecule has 1 aromatic heterocycles. The third kappa shape index (κ3) is 5.97. The molecule has 2 N–H and O–H groups in total. The van der Waals surface area contributed by atoms with Crippen LogP contribution in [0.4, 0.5) is 0 Å². The summed E-state index contributed by atoms with van der Waals surface area (Å²) >= 11 is 0. The van der Waals surface area contributed by atoms with E-state index in [0.717, 1.165) is 61.7 Å². The Labute approximate surface area is 163 Å². The van der Waals surface area contributed by atoms with E-state index in [9.17, 15) is 4.79 Å². The van der Waals surface area contributed by atoms with Crippen LogP contribution in [0.15, 0.2) is 9.52 Å². The number of nitrogens with one attached hydrogen (secondary N) is 2. The molecular weight excluding hydrogens is 342 g/mol. The van der Waals surface area contributed by atoms with Crippen LogP contribution >= 0.6 is 0 Å². The SMILES string of the molecule is CCNC(=NCc1c(CC)noc1CC)NCCC(=O)N1CCCCC1C. The molecule has 152 valence electrons. The lowest BCUT2D eigenvalue weighted by molar-refractivity contribution is -0.134. The number of rotatable bonds is 8. The van der Waals surface area contributed by atoms with Crippen LogP contribution in [0.25, 0.3) is 0 Å². The Kier molecular flexibility index (Phi) is 8.61. The summed E-state index contributed by atoms with van der Waals surface area (Å²) in [6.45, 7) is 11.1. The van der Waals surface area contributed by atoms with Crippen molar-refractivity contribution in [2.75, 3.05) is 19.6 Å². The maximum Gasteiger partial charge on any atom is 0.224 e. The number of aryl methyl sites for hydroxylation is 2. The molecule has 1 amide bonds. The van der Waals surface area contributed by atoms with E-state index in [-0.39, 0.29) is 5.91 Å². The van der Waals surface area contributed by atoms with E-state index in [1.54, 1.807) is 0 Å². The maximum absolute atomic E-state index is 12.5. The van der Waals surface area contributed by atoms with Crippen molar-refractivity contribution in [3.8, 4) is 0 Å². The Morgan fingerprint density at radius 3 is 2.74 bits per heavy atom. The average molecular weight is 378 g/mol. The highest BCUT2D eigenvalue weighted by Gasteiger charge is 2.22. The summed E-state index contributed by atoms with van der Waals surface area (Å²) in [5.74, 6) is 1.86. The highest BCUT2D eigenvalue weighted by Crippen LogP contribution is 2.18. The number of likely N-dealkylation sites (tertiary alicyclic amines) is 1. The predicted octanol–water partition coefficient (Wildman–Crippen LogP) is 2.65. The second-order valence-corrected chi connectivity index (χ2v) is 7.04. The van der Waals surface area contributed by atoms with Crippen LogP contribution in [-0.4, -0.2) is 47.6 Å². The van der Waals surface area contributed by atoms with Crippen LogP contribution in [0.1, 0.15) is 70.4 Å². The van der Waals surface area contributed by atoms with Gasteiger partial charge in [0.05, 0.1) is 12.2 Å². The second kappa shape index (κ2) is 10.9. The molecule has 7 heteroatoms. The predicted molar refractivity (Wildman–Crippen MR) is 108 cm³/mol. The Morgan fingerprint density at radius 2 is 2.07 bits per heavy atom. The highest BCUT2D eigenvalue weighted by molar-refractivity contribution is 5.81. The monoisotopic (exact) mass is 377 g/mol. The molecule has 1 fully saturated rings. The van der Waals surface area contributed by atoms with Gasteiger partial charge < -0.3 is 20.1 Å². The maximum atomic E-state index is 12.5. The van der Waals surface area contributed by atoms with Gasteiger partial charge in [-0.1, -0.05) is 19.0 Å². The van der Waals surface area contributed by atoms with E-state index in [4.69, 9.17) is 4.52 Å². The molecule has 2 rings (SSSR count). The Hall–Kier alpha value is -2.05. The molecule has 0 saturated carbocycles. The molecule has 1 aromatic rings. The first-order chi connectivity index (χ1) is 13.1. The Bertz CT molecular complexity index is 604. The fourth-order valence-corrected chi connectivity index (χ4v) is 3.52. The van der Waals surface area contributed by atoms with Gasteiger partial charge in [-0.05, 0) is 39.5 Å². The number of amides is 1. The first-order valence-corrected chi connectivity index (χ1v) is 10.4. The smallest absolute Gasteiger partial charge is 0.224 e. The van der Waals surface area contributed by atoms with Crippen LogP contribution in [-0.2, 0) is 24.2 Å². The van der Waals surface area contributed by atoms with Crippen LogP contribution in [0.2, 0.25) is 0 Å². The van der Waals surface area contributed by atoms with E-state index in [1.165, 1.54) is 6.42 Å². The van der Waals surface area contributed by atoms with E-state index < -0.39 is 0 Å². The zero-order valence-electron chi connectivity index (χ0n) is 17.3. The summed E-state index contributed by atoms with van der Waals surface area (Å²) in [5.41, 5.74) is 2.05. The zero-order valence-corrected chi connectivity index (χ0v) is 17.3. The van der Waals surface area contributed by atoms with Gasteiger partial charge >= 0.3 is 0 Å². The lowest BCUT2D eigenvalue weighted by atomic mass is 10.0. The zero-order chi connectivity index (χ0) is 19.6. The normalized spacial score (nSPS) is 17.9. The number of aromatic nitrogens is 1. The van der Waals surface area contributed by atoms with Crippen LogP contribution in [0.5, 0.6) is 0 Å². The summed E-state index contributed by atoms with van der Waals surface area (Å²) in [5, 5.41) is 10.7. The largest absolute Gasteiger partial charge is 0.361 e. The highest BCUT2D eigenvalue weighted by atomic mass is 16.5. The second-order valence-electron chi connectivity index (χ2n) is 7.04. The Morgan fingerprint density at radius 1 is 1.26 bits per heavy atom. The van der Waals surface area contributed by atoms with Crippen LogP contribution < -0.4 is 10.6 Å². The number of hydrogen-bond donors (Lipinski definition) is 2. The molecule has 0 radical (unpaired) electrons. The number of aliphatic imine (C=N–C) groups is 1. The van der Waals surface area contributed by atoms with Gasteiger partial charge in [-0.25, -0.2) is 4.99 Å². The van der Waals surface area contributed by atoms with Crippen molar-refractivity contribution in [2.45, 2.75) is 78.8 Å². The number of nitrogens with zero attached hydrogens (tertiary/aromatic N) is 3. The average Bonchev–Trinajstić information content (AvgIpc) is 3.08. The van der Waals surface area contributed by atoms with Gasteiger partial charge in [0.2, 0.25) is 5.91 Å². The number of carbonyl (C=O) groups excluding carboxylic acids is 1. The third-order valence-electron chi connectivity index (χ3n) is 5.10. The van der Waals surface area contributed by atoms with Crippen molar-refractivity contribution in [1.29, 1.82) is 0 Å². The van der Waals surface area contributed by atoms with Crippen LogP contribution in [0, 0.1) is 0 Å². The van der Waals surface area contributed by atoms with Gasteiger partial charge in [-0.2, -0.15) is 0 Å². The van der Waals surface area contributed by atoms with Gasteiger partial charge in [-0.3, -0.25) is 4.79 Å². The van der Waals surface area contributed by atoms with Crippen LogP contribution in [0.3, 0.4) is 0 Å². The first kappa shape index (κ1) is 21.3. The topological polar surface area (TPSA) is 82.8 Å². The van der Waals surface area contributed by atoms with Crippen molar-refractivity contribution in [2.24, 2.45) is 4.99 Å². The summed E-state index contributed by atoms with van der Waals surface area (Å²) in [4.78, 5) is 19.2. The van der Waals surface area contributed by atoms with E-state index >= 15 is 0 Å². The van der Waals surface area contributed by atoms with E-state index in [1.807, 2.05) is 11.8 Å². The number of hydrogen-bond acceptors (Lipinski definition) is 4. The number of guanidine groups is 1. The minimum Gasteiger partial charge on any atom is -0.361 e. The summed E-state index contributed by atoms with van der Waals surface area (Å²) in [6.07, 6.45) is 5.59. The number of carbonyl (C=O) groups is 1. The standard InChI is InChI=1S/C20H35N5O2/c1-5-17-16(18(6-2)27-24-17)14-23-20(21-7-3)22-12-11-19(26)25-13-9-8-10-15(25)4/h15H,5-14H2,1-4H3,(H2,21,22,23). The summed E-state index contributed by atoms with van der Waals surface area (Å²) in [7, 11) is 0. The van der Waals surface area contributed by atoms with E-state index in [2.05, 4.69) is 41.6 Å². The first-order valence-electron chi connectivity index (χ1n) is 10.4. The lowest BCUT2D eigenvalue weighted by Gasteiger charge is -2.33. The van der Waals surface area contributed by atoms with Gasteiger partial charge in [0, 0.05) is 44.1 Å². The molecule has 0 aliphatic carbocycles. The Balaban J connectivity index is 1.90. The van der Waals surface area contributed by atoms with Gasteiger partial charge in [0.15, 0.2) is 5.96 Å².